The third-order valence-electron chi connectivity index (χ3n) is 3.65. The molecule has 2 rings (SSSR count). The molecule has 1 aromatic carbocycles. The van der Waals surface area contributed by atoms with Gasteiger partial charge in [0.2, 0.25) is 5.91 Å². The number of benzene rings is 1. The quantitative estimate of drug-likeness (QED) is 0.554. The van der Waals surface area contributed by atoms with Crippen LogP contribution < -0.4 is 11.1 Å². The first-order valence-corrected chi connectivity index (χ1v) is 6.49. The molecule has 0 bridgehead atoms. The third-order valence-corrected chi connectivity index (χ3v) is 3.65. The number of nitro groups is 1. The number of nitro benzene ring substituents is 1. The predicted octanol–water partition coefficient (Wildman–Crippen LogP) is 1.27. The van der Waals surface area contributed by atoms with Crippen molar-refractivity contribution in [2.24, 2.45) is 11.7 Å². The lowest BCUT2D eigenvalue weighted by Crippen LogP contribution is -2.22. The van der Waals surface area contributed by atoms with Crippen molar-refractivity contribution in [1.82, 2.24) is 0 Å². The topological polar surface area (TPSA) is 118 Å². The van der Waals surface area contributed by atoms with Gasteiger partial charge in [0.25, 0.3) is 5.69 Å². The van der Waals surface area contributed by atoms with E-state index in [-0.39, 0.29) is 23.3 Å². The van der Waals surface area contributed by atoms with Gasteiger partial charge in [-0.3, -0.25) is 14.9 Å². The third kappa shape index (κ3) is 3.05. The number of rotatable bonds is 5. The van der Waals surface area contributed by atoms with Gasteiger partial charge in [0.15, 0.2) is 0 Å². The lowest BCUT2D eigenvalue weighted by atomic mass is 10.1. The highest BCUT2D eigenvalue weighted by molar-refractivity contribution is 5.94. The van der Waals surface area contributed by atoms with Crippen LogP contribution in [0.3, 0.4) is 0 Å². The van der Waals surface area contributed by atoms with E-state index in [9.17, 15) is 20.0 Å². The molecular formula is C13H17N3O4. The number of aliphatic hydroxyl groups excluding tert-OH is 1. The van der Waals surface area contributed by atoms with Gasteiger partial charge < -0.3 is 16.2 Å². The molecule has 0 spiro atoms. The molecule has 1 aromatic rings. The molecule has 1 fully saturated rings. The number of carbonyl (C=O) groups is 1. The fraction of sp³-hybridized carbons (Fsp3) is 0.462. The van der Waals surface area contributed by atoms with Crippen LogP contribution in [-0.2, 0) is 0 Å². The van der Waals surface area contributed by atoms with Gasteiger partial charge in [-0.25, -0.2) is 0 Å². The molecule has 7 nitrogen and oxygen atoms in total. The fourth-order valence-corrected chi connectivity index (χ4v) is 2.48. The molecule has 20 heavy (non-hydrogen) atoms. The molecule has 1 aliphatic rings. The predicted molar refractivity (Wildman–Crippen MR) is 73.5 cm³/mol. The number of nitrogens with one attached hydrogen (secondary N) is 1. The first-order valence-electron chi connectivity index (χ1n) is 6.49. The van der Waals surface area contributed by atoms with Crippen LogP contribution in [-0.4, -0.2) is 28.6 Å². The average Bonchev–Trinajstić information content (AvgIpc) is 2.81. The fourth-order valence-electron chi connectivity index (χ4n) is 2.48. The number of amides is 1. The number of anilines is 1. The van der Waals surface area contributed by atoms with E-state index in [1.165, 1.54) is 12.1 Å². The number of hydrogen-bond acceptors (Lipinski definition) is 5. The molecule has 1 saturated carbocycles. The van der Waals surface area contributed by atoms with Crippen LogP contribution in [0.2, 0.25) is 0 Å². The molecule has 0 aromatic heterocycles. The van der Waals surface area contributed by atoms with Gasteiger partial charge in [-0.2, -0.15) is 0 Å². The Kier molecular flexibility index (Phi) is 4.19. The summed E-state index contributed by atoms with van der Waals surface area (Å²) in [5, 5.41) is 23.7. The average molecular weight is 279 g/mol. The first-order chi connectivity index (χ1) is 9.49. The normalized spacial score (nSPS) is 21.6. The molecule has 0 aliphatic heterocycles. The van der Waals surface area contributed by atoms with Gasteiger partial charge in [0.1, 0.15) is 5.69 Å². The summed E-state index contributed by atoms with van der Waals surface area (Å²) >= 11 is 0. The minimum Gasteiger partial charge on any atom is -0.393 e. The van der Waals surface area contributed by atoms with Gasteiger partial charge in [-0.15, -0.1) is 0 Å². The van der Waals surface area contributed by atoms with E-state index in [1.807, 2.05) is 0 Å². The summed E-state index contributed by atoms with van der Waals surface area (Å²) in [6.45, 7) is 0.470. The number of nitrogens with two attached hydrogens (primary N) is 1. The molecule has 1 amide bonds. The van der Waals surface area contributed by atoms with Crippen molar-refractivity contribution in [3.63, 3.8) is 0 Å². The lowest BCUT2D eigenvalue weighted by Gasteiger charge is -2.16. The van der Waals surface area contributed by atoms with Gasteiger partial charge in [0, 0.05) is 24.1 Å². The minimum atomic E-state index is -0.703. The molecule has 108 valence electrons. The molecule has 2 atom stereocenters. The summed E-state index contributed by atoms with van der Waals surface area (Å²) in [6.07, 6.45) is 2.29. The Morgan fingerprint density at radius 3 is 2.80 bits per heavy atom. The van der Waals surface area contributed by atoms with E-state index in [4.69, 9.17) is 5.73 Å². The van der Waals surface area contributed by atoms with Crippen LogP contribution in [0.25, 0.3) is 0 Å². The largest absolute Gasteiger partial charge is 0.393 e. The lowest BCUT2D eigenvalue weighted by molar-refractivity contribution is -0.384. The minimum absolute atomic E-state index is 0.100. The highest BCUT2D eigenvalue weighted by Crippen LogP contribution is 2.29. The number of carbonyl (C=O) groups excluding carboxylic acids is 1. The molecule has 4 N–H and O–H groups in total. The Balaban J connectivity index is 2.14. The van der Waals surface area contributed by atoms with Crippen LogP contribution >= 0.6 is 0 Å². The van der Waals surface area contributed by atoms with Crippen molar-refractivity contribution in [3.05, 3.63) is 33.9 Å². The highest BCUT2D eigenvalue weighted by Gasteiger charge is 2.25. The molecule has 7 heteroatoms. The maximum absolute atomic E-state index is 11.0. The molecule has 1 aliphatic carbocycles. The Hall–Kier alpha value is -2.15. The van der Waals surface area contributed by atoms with Gasteiger partial charge in [-0.05, 0) is 25.0 Å². The number of hydrogen-bond donors (Lipinski definition) is 3. The Bertz CT molecular complexity index is 532. The van der Waals surface area contributed by atoms with Crippen molar-refractivity contribution in [1.29, 1.82) is 0 Å². The Labute approximate surface area is 115 Å². The van der Waals surface area contributed by atoms with E-state index in [2.05, 4.69) is 5.32 Å². The molecule has 0 radical (unpaired) electrons. The van der Waals surface area contributed by atoms with Gasteiger partial charge in [-0.1, -0.05) is 6.42 Å². The van der Waals surface area contributed by atoms with Crippen molar-refractivity contribution in [2.75, 3.05) is 11.9 Å². The summed E-state index contributed by atoms with van der Waals surface area (Å²) in [7, 11) is 0. The van der Waals surface area contributed by atoms with E-state index in [0.717, 1.165) is 25.3 Å². The first kappa shape index (κ1) is 14.3. The van der Waals surface area contributed by atoms with Gasteiger partial charge in [0.05, 0.1) is 11.0 Å². The van der Waals surface area contributed by atoms with Crippen LogP contribution in [0, 0.1) is 16.0 Å². The molecule has 0 saturated heterocycles. The maximum atomic E-state index is 11.0. The molecule has 0 heterocycles. The van der Waals surface area contributed by atoms with Crippen molar-refractivity contribution < 1.29 is 14.8 Å². The Morgan fingerprint density at radius 1 is 1.50 bits per heavy atom. The second-order valence-electron chi connectivity index (χ2n) is 4.99. The number of nitrogens with zero attached hydrogens (tertiary/aromatic N) is 1. The zero-order valence-electron chi connectivity index (χ0n) is 10.9. The summed E-state index contributed by atoms with van der Waals surface area (Å²) < 4.78 is 0. The van der Waals surface area contributed by atoms with Crippen LogP contribution in [0.15, 0.2) is 18.2 Å². The molecule has 2 unspecified atom stereocenters. The van der Waals surface area contributed by atoms with E-state index in [1.54, 1.807) is 0 Å². The van der Waals surface area contributed by atoms with Crippen molar-refractivity contribution in [3.8, 4) is 0 Å². The highest BCUT2D eigenvalue weighted by atomic mass is 16.6. The zero-order valence-corrected chi connectivity index (χ0v) is 10.9. The van der Waals surface area contributed by atoms with Crippen molar-refractivity contribution >= 4 is 17.3 Å². The zero-order chi connectivity index (χ0) is 14.7. The number of aliphatic hydroxyl groups is 1. The van der Waals surface area contributed by atoms with Crippen LogP contribution in [0.4, 0.5) is 11.4 Å². The van der Waals surface area contributed by atoms with E-state index < -0.39 is 10.8 Å². The van der Waals surface area contributed by atoms with Crippen molar-refractivity contribution in [2.45, 2.75) is 25.4 Å². The second kappa shape index (κ2) is 5.87. The van der Waals surface area contributed by atoms with Crippen LogP contribution in [0.1, 0.15) is 29.6 Å². The standard InChI is InChI=1S/C13H17N3O4/c14-13(18)8-4-5-10(11(6-8)16(19)20)15-7-9-2-1-3-12(9)17/h4-6,9,12,15,17H,1-3,7H2,(H2,14,18). The SMILES string of the molecule is NC(=O)c1ccc(NCC2CCCC2O)c([N+](=O)[O-])c1. The van der Waals surface area contributed by atoms with Gasteiger partial charge >= 0.3 is 0 Å². The second-order valence-corrected chi connectivity index (χ2v) is 4.99. The van der Waals surface area contributed by atoms with Crippen LogP contribution in [0.5, 0.6) is 0 Å². The monoisotopic (exact) mass is 279 g/mol. The van der Waals surface area contributed by atoms with E-state index in [0.29, 0.717) is 12.2 Å². The summed E-state index contributed by atoms with van der Waals surface area (Å²) in [5.41, 5.74) is 5.36. The summed E-state index contributed by atoms with van der Waals surface area (Å²) in [4.78, 5) is 21.5. The van der Waals surface area contributed by atoms with E-state index >= 15 is 0 Å². The summed E-state index contributed by atoms with van der Waals surface area (Å²) in [5.74, 6) is -0.601. The number of primary amides is 1. The smallest absolute Gasteiger partial charge is 0.293 e. The Morgan fingerprint density at radius 2 is 2.25 bits per heavy atom. The maximum Gasteiger partial charge on any atom is 0.293 e. The summed E-state index contributed by atoms with van der Waals surface area (Å²) in [6, 6.07) is 4.08. The molecular weight excluding hydrogens is 262 g/mol.